The van der Waals surface area contributed by atoms with Crippen LogP contribution in [0.15, 0.2) is 41.2 Å². The average Bonchev–Trinajstić information content (AvgIpc) is 3.03. The smallest absolute Gasteiger partial charge is 0.263 e. The monoisotopic (exact) mass is 679 g/mol. The van der Waals surface area contributed by atoms with Crippen LogP contribution in [-0.4, -0.2) is 89.2 Å². The van der Waals surface area contributed by atoms with Crippen molar-refractivity contribution in [2.75, 3.05) is 20.1 Å². The molecule has 4 atom stereocenters. The Balaban J connectivity index is 1.90. The summed E-state index contributed by atoms with van der Waals surface area (Å²) in [4.78, 5) is 94.6. The Labute approximate surface area is 286 Å². The second-order valence-electron chi connectivity index (χ2n) is 12.8. The Hall–Kier alpha value is -5.01. The van der Waals surface area contributed by atoms with Crippen LogP contribution in [0, 0.1) is 19.8 Å². The predicted octanol–water partition coefficient (Wildman–Crippen LogP) is 0.325. The molecule has 14 nitrogen and oxygen atoms in total. The van der Waals surface area contributed by atoms with Gasteiger partial charge in [0, 0.05) is 32.3 Å². The van der Waals surface area contributed by atoms with Crippen LogP contribution in [0.5, 0.6) is 0 Å². The van der Waals surface area contributed by atoms with E-state index in [9.17, 15) is 33.6 Å². The van der Waals surface area contributed by atoms with Crippen molar-refractivity contribution >= 4 is 35.4 Å². The molecule has 0 saturated carbocycles. The lowest BCUT2D eigenvalue weighted by Gasteiger charge is -2.28. The number of rotatable bonds is 6. The van der Waals surface area contributed by atoms with Crippen LogP contribution in [0.3, 0.4) is 0 Å². The summed E-state index contributed by atoms with van der Waals surface area (Å²) in [5.74, 6) is -4.03. The number of aromatic nitrogens is 1. The van der Waals surface area contributed by atoms with E-state index in [1.807, 2.05) is 30.3 Å². The molecule has 1 aliphatic heterocycles. The van der Waals surface area contributed by atoms with Crippen molar-refractivity contribution in [1.82, 2.24) is 36.1 Å². The molecule has 49 heavy (non-hydrogen) atoms. The van der Waals surface area contributed by atoms with Gasteiger partial charge in [-0.3, -0.25) is 33.6 Å². The van der Waals surface area contributed by atoms with E-state index in [1.165, 1.54) is 23.4 Å². The molecule has 5 N–H and O–H groups in total. The van der Waals surface area contributed by atoms with Gasteiger partial charge < -0.3 is 36.1 Å². The van der Waals surface area contributed by atoms with Gasteiger partial charge in [-0.2, -0.15) is 0 Å². The van der Waals surface area contributed by atoms with E-state index in [1.54, 1.807) is 40.7 Å². The maximum atomic E-state index is 13.7. The number of carbonyl (C=O) groups excluding carboxylic acids is 6. The highest BCUT2D eigenvalue weighted by atomic mass is 16.2. The van der Waals surface area contributed by atoms with Gasteiger partial charge in [0.1, 0.15) is 29.7 Å². The van der Waals surface area contributed by atoms with Crippen molar-refractivity contribution in [3.05, 3.63) is 69.1 Å². The zero-order valence-corrected chi connectivity index (χ0v) is 29.3. The number of benzene rings is 1. The molecule has 1 aromatic heterocycles. The number of aryl methyl sites for hydroxylation is 2. The second kappa shape index (κ2) is 17.4. The number of amides is 6. The van der Waals surface area contributed by atoms with Gasteiger partial charge in [0.2, 0.25) is 29.5 Å². The standard InChI is InChI=1S/C35H49N7O7/c1-8-42-22(5)17-21(4)28(35(42)49)32(46)38-25-15-12-16-36-27(43)19-41(7)34(48)26(18-24-13-10-9-11-14-24)39-30(44)23(6)37-33(47)29(20(2)3)40-31(25)45/h9-11,13-14,17,20,23,25-26,29H,8,12,15-16,18-19H2,1-7H3,(H,36,43)(H,37,47)(H,38,46)(H,39,44)(H,40,45)/t23-,25+,26+,29-/m1/s1. The van der Waals surface area contributed by atoms with Crippen LogP contribution >= 0.6 is 0 Å². The third-order valence-electron chi connectivity index (χ3n) is 8.51. The topological polar surface area (TPSA) is 188 Å². The highest BCUT2D eigenvalue weighted by Crippen LogP contribution is 2.11. The molecule has 0 unspecified atom stereocenters. The molecule has 2 heterocycles. The summed E-state index contributed by atoms with van der Waals surface area (Å²) in [5.41, 5.74) is 1.36. The van der Waals surface area contributed by atoms with Gasteiger partial charge in [0.15, 0.2) is 0 Å². The van der Waals surface area contributed by atoms with E-state index < -0.39 is 71.1 Å². The fourth-order valence-corrected chi connectivity index (χ4v) is 5.75. The summed E-state index contributed by atoms with van der Waals surface area (Å²) in [6.07, 6.45) is 0.463. The fraction of sp³-hybridized carbons (Fsp3) is 0.514. The maximum absolute atomic E-state index is 13.7. The first-order valence-electron chi connectivity index (χ1n) is 16.6. The number of hydrogen-bond acceptors (Lipinski definition) is 7. The van der Waals surface area contributed by atoms with E-state index in [-0.39, 0.29) is 37.9 Å². The fourth-order valence-electron chi connectivity index (χ4n) is 5.75. The number of pyridine rings is 1. The number of nitrogens with one attached hydrogen (secondary N) is 5. The van der Waals surface area contributed by atoms with Crippen LogP contribution < -0.4 is 32.1 Å². The Bertz CT molecular complexity index is 1610. The summed E-state index contributed by atoms with van der Waals surface area (Å²) < 4.78 is 1.46. The maximum Gasteiger partial charge on any atom is 0.263 e. The minimum absolute atomic E-state index is 0.0594. The lowest BCUT2D eigenvalue weighted by atomic mass is 10.0. The van der Waals surface area contributed by atoms with Crippen LogP contribution in [0.25, 0.3) is 0 Å². The highest BCUT2D eigenvalue weighted by Gasteiger charge is 2.33. The van der Waals surface area contributed by atoms with Gasteiger partial charge in [0.25, 0.3) is 11.5 Å². The van der Waals surface area contributed by atoms with Crippen LogP contribution in [-0.2, 0) is 36.9 Å². The molecule has 2 aromatic rings. The Morgan fingerprint density at radius 1 is 0.959 bits per heavy atom. The molecular weight excluding hydrogens is 630 g/mol. The molecule has 1 fully saturated rings. The Morgan fingerprint density at radius 3 is 2.27 bits per heavy atom. The first-order valence-corrected chi connectivity index (χ1v) is 16.6. The van der Waals surface area contributed by atoms with E-state index in [0.717, 1.165) is 5.56 Å². The van der Waals surface area contributed by atoms with Crippen LogP contribution in [0.1, 0.15) is 67.7 Å². The number of carbonyl (C=O) groups is 6. The van der Waals surface area contributed by atoms with Gasteiger partial charge in [0.05, 0.1) is 6.54 Å². The second-order valence-corrected chi connectivity index (χ2v) is 12.8. The number of hydrogen-bond donors (Lipinski definition) is 5. The quantitative estimate of drug-likeness (QED) is 0.291. The van der Waals surface area contributed by atoms with Gasteiger partial charge in [-0.25, -0.2) is 0 Å². The minimum atomic E-state index is -1.17. The van der Waals surface area contributed by atoms with E-state index in [4.69, 9.17) is 0 Å². The van der Waals surface area contributed by atoms with Crippen LogP contribution in [0.2, 0.25) is 0 Å². The third kappa shape index (κ3) is 10.2. The summed E-state index contributed by atoms with van der Waals surface area (Å²) in [6, 6.07) is 6.44. The molecule has 266 valence electrons. The molecule has 1 saturated heterocycles. The van der Waals surface area contributed by atoms with Crippen molar-refractivity contribution in [1.29, 1.82) is 0 Å². The van der Waals surface area contributed by atoms with Crippen LogP contribution in [0.4, 0.5) is 0 Å². The summed E-state index contributed by atoms with van der Waals surface area (Å²) >= 11 is 0. The highest BCUT2D eigenvalue weighted by molar-refractivity contribution is 5.99. The van der Waals surface area contributed by atoms with E-state index in [2.05, 4.69) is 26.6 Å². The average molecular weight is 680 g/mol. The lowest BCUT2D eigenvalue weighted by Crippen LogP contribution is -2.59. The Kier molecular flexibility index (Phi) is 13.7. The molecule has 0 radical (unpaired) electrons. The zero-order valence-electron chi connectivity index (χ0n) is 29.3. The molecule has 0 bridgehead atoms. The summed E-state index contributed by atoms with van der Waals surface area (Å²) in [5, 5.41) is 13.5. The number of likely N-dealkylation sites (N-methyl/N-ethyl adjacent to an activating group) is 1. The van der Waals surface area contributed by atoms with Gasteiger partial charge >= 0.3 is 0 Å². The summed E-state index contributed by atoms with van der Waals surface area (Å²) in [6.45, 7) is 10.3. The van der Waals surface area contributed by atoms with E-state index in [0.29, 0.717) is 17.8 Å². The van der Waals surface area contributed by atoms with Gasteiger partial charge in [-0.1, -0.05) is 44.2 Å². The van der Waals surface area contributed by atoms with Gasteiger partial charge in [-0.05, 0) is 63.6 Å². The molecule has 0 spiro atoms. The zero-order chi connectivity index (χ0) is 36.4. The lowest BCUT2D eigenvalue weighted by molar-refractivity contribution is -0.139. The van der Waals surface area contributed by atoms with E-state index >= 15 is 0 Å². The van der Waals surface area contributed by atoms with Crippen molar-refractivity contribution in [3.63, 3.8) is 0 Å². The van der Waals surface area contributed by atoms with Crippen molar-refractivity contribution in [3.8, 4) is 0 Å². The molecule has 0 aliphatic carbocycles. The van der Waals surface area contributed by atoms with Crippen molar-refractivity contribution in [2.24, 2.45) is 5.92 Å². The minimum Gasteiger partial charge on any atom is -0.355 e. The Morgan fingerprint density at radius 2 is 1.63 bits per heavy atom. The van der Waals surface area contributed by atoms with Gasteiger partial charge in [-0.15, -0.1) is 0 Å². The molecule has 1 aliphatic rings. The molecule has 3 rings (SSSR count). The molecular formula is C35H49N7O7. The normalized spacial score (nSPS) is 22.0. The first kappa shape index (κ1) is 38.4. The van der Waals surface area contributed by atoms with Crippen molar-refractivity contribution in [2.45, 2.75) is 91.5 Å². The first-order chi connectivity index (χ1) is 23.1. The SMILES string of the molecule is CCn1c(C)cc(C)c(C(=O)N[C@H]2CCCNC(=O)CN(C)C(=O)[C@H](Cc3ccccc3)NC(=O)[C@@H](C)NC(=O)[C@@H](C(C)C)NC2=O)c1=O. The summed E-state index contributed by atoms with van der Waals surface area (Å²) in [7, 11) is 1.46. The molecule has 14 heteroatoms. The molecule has 6 amide bonds. The molecule has 1 aromatic carbocycles. The number of nitrogens with zero attached hydrogens (tertiary/aromatic N) is 2. The largest absolute Gasteiger partial charge is 0.355 e. The predicted molar refractivity (Wildman–Crippen MR) is 183 cm³/mol. The van der Waals surface area contributed by atoms with Crippen molar-refractivity contribution < 1.29 is 28.8 Å². The third-order valence-corrected chi connectivity index (χ3v) is 8.51.